The lowest BCUT2D eigenvalue weighted by atomic mass is 10.1. The minimum atomic E-state index is -0.114. The average molecular weight is 258 g/mol. The molecular formula is C14H14N2O3. The van der Waals surface area contributed by atoms with Gasteiger partial charge in [0.15, 0.2) is 0 Å². The maximum Gasteiger partial charge on any atom is 0.266 e. The molecule has 19 heavy (non-hydrogen) atoms. The van der Waals surface area contributed by atoms with E-state index in [9.17, 15) is 4.79 Å². The van der Waals surface area contributed by atoms with Gasteiger partial charge in [-0.05, 0) is 19.1 Å². The molecule has 0 amide bonds. The predicted octanol–water partition coefficient (Wildman–Crippen LogP) is 2.54. The zero-order chi connectivity index (χ0) is 13.4. The van der Waals surface area contributed by atoms with E-state index >= 15 is 0 Å². The Kier molecular flexibility index (Phi) is 2.67. The molecule has 0 spiro atoms. The maximum atomic E-state index is 11.7. The second-order valence-corrected chi connectivity index (χ2v) is 4.40. The van der Waals surface area contributed by atoms with Crippen LogP contribution in [0.5, 0.6) is 5.75 Å². The van der Waals surface area contributed by atoms with Crippen molar-refractivity contribution in [2.24, 2.45) is 0 Å². The fourth-order valence-corrected chi connectivity index (χ4v) is 2.25. The second-order valence-electron chi connectivity index (χ2n) is 4.40. The van der Waals surface area contributed by atoms with Crippen LogP contribution in [0.1, 0.15) is 18.5 Å². The molecule has 98 valence electrons. The number of ether oxygens (including phenoxy) is 1. The van der Waals surface area contributed by atoms with Crippen molar-refractivity contribution in [3.05, 3.63) is 52.6 Å². The van der Waals surface area contributed by atoms with Crippen LogP contribution in [0.25, 0.3) is 11.0 Å². The number of aromatic nitrogens is 2. The highest BCUT2D eigenvalue weighted by atomic mass is 16.5. The lowest BCUT2D eigenvalue weighted by Gasteiger charge is -2.10. The summed E-state index contributed by atoms with van der Waals surface area (Å²) in [4.78, 5) is 11.7. The van der Waals surface area contributed by atoms with Gasteiger partial charge < -0.3 is 14.3 Å². The molecule has 2 heterocycles. The van der Waals surface area contributed by atoms with Crippen molar-refractivity contribution >= 4 is 11.0 Å². The van der Waals surface area contributed by atoms with Gasteiger partial charge in [0.1, 0.15) is 11.3 Å². The number of methoxy groups -OCH3 is 1. The van der Waals surface area contributed by atoms with E-state index in [0.29, 0.717) is 0 Å². The molecule has 0 fully saturated rings. The van der Waals surface area contributed by atoms with Crippen LogP contribution in [0.3, 0.4) is 0 Å². The number of hydrogen-bond acceptors (Lipinski definition) is 3. The fraction of sp³-hybridized carbons (Fsp3) is 0.214. The van der Waals surface area contributed by atoms with Gasteiger partial charge in [-0.2, -0.15) is 0 Å². The van der Waals surface area contributed by atoms with Crippen molar-refractivity contribution in [2.75, 3.05) is 7.11 Å². The highest BCUT2D eigenvalue weighted by Crippen LogP contribution is 2.30. The Labute approximate surface area is 109 Å². The Morgan fingerprint density at radius 2 is 2.21 bits per heavy atom. The molecule has 1 aromatic carbocycles. The van der Waals surface area contributed by atoms with Gasteiger partial charge in [-0.1, -0.05) is 0 Å². The minimum Gasteiger partial charge on any atom is -0.497 e. The molecule has 2 aromatic heterocycles. The zero-order valence-corrected chi connectivity index (χ0v) is 10.7. The van der Waals surface area contributed by atoms with Gasteiger partial charge in [-0.25, -0.2) is 4.68 Å². The number of H-pyrrole nitrogens is 1. The molecule has 3 aromatic rings. The molecule has 0 aliphatic carbocycles. The summed E-state index contributed by atoms with van der Waals surface area (Å²) < 4.78 is 12.3. The van der Waals surface area contributed by atoms with Crippen molar-refractivity contribution in [1.29, 1.82) is 0 Å². The van der Waals surface area contributed by atoms with Gasteiger partial charge in [0, 0.05) is 29.3 Å². The first-order valence-electron chi connectivity index (χ1n) is 6.02. The van der Waals surface area contributed by atoms with E-state index in [4.69, 9.17) is 9.15 Å². The largest absolute Gasteiger partial charge is 0.497 e. The third-order valence-corrected chi connectivity index (χ3v) is 3.33. The van der Waals surface area contributed by atoms with Crippen molar-refractivity contribution in [1.82, 2.24) is 9.78 Å². The molecule has 5 nitrogen and oxygen atoms in total. The Morgan fingerprint density at radius 1 is 1.37 bits per heavy atom. The standard InChI is InChI=1S/C14H14N2O3/c1-9(16-14(17)5-6-15-16)12-8-19-13-7-10(18-2)3-4-11(12)13/h3-9,15H,1-2H3. The van der Waals surface area contributed by atoms with E-state index in [1.54, 1.807) is 24.3 Å². The SMILES string of the molecule is COc1ccc2c(C(C)n3[nH]ccc3=O)coc2c1. The summed E-state index contributed by atoms with van der Waals surface area (Å²) in [5.74, 6) is 0.748. The van der Waals surface area contributed by atoms with Crippen LogP contribution < -0.4 is 10.3 Å². The molecule has 1 unspecified atom stereocenters. The number of nitrogens with zero attached hydrogens (tertiary/aromatic N) is 1. The number of aromatic amines is 1. The van der Waals surface area contributed by atoms with Crippen LogP contribution >= 0.6 is 0 Å². The Morgan fingerprint density at radius 3 is 2.89 bits per heavy atom. The average Bonchev–Trinajstić information content (AvgIpc) is 3.03. The predicted molar refractivity (Wildman–Crippen MR) is 71.6 cm³/mol. The monoisotopic (exact) mass is 258 g/mol. The van der Waals surface area contributed by atoms with Crippen LogP contribution in [0.4, 0.5) is 0 Å². The summed E-state index contributed by atoms with van der Waals surface area (Å²) >= 11 is 0. The molecule has 0 radical (unpaired) electrons. The fourth-order valence-electron chi connectivity index (χ4n) is 2.25. The Bertz CT molecular complexity index is 766. The summed E-state index contributed by atoms with van der Waals surface area (Å²) in [7, 11) is 1.62. The Balaban J connectivity index is 2.11. The zero-order valence-electron chi connectivity index (χ0n) is 10.7. The van der Waals surface area contributed by atoms with Gasteiger partial charge in [-0.15, -0.1) is 0 Å². The van der Waals surface area contributed by atoms with Crippen LogP contribution in [-0.4, -0.2) is 16.9 Å². The molecular weight excluding hydrogens is 244 g/mol. The first kappa shape index (κ1) is 11.6. The third-order valence-electron chi connectivity index (χ3n) is 3.33. The summed E-state index contributed by atoms with van der Waals surface area (Å²) in [5, 5.41) is 3.90. The lowest BCUT2D eigenvalue weighted by molar-refractivity contribution is 0.414. The number of fused-ring (bicyclic) bond motifs is 1. The Hall–Kier alpha value is -2.43. The minimum absolute atomic E-state index is 0.0599. The van der Waals surface area contributed by atoms with Crippen molar-refractivity contribution in [2.45, 2.75) is 13.0 Å². The highest BCUT2D eigenvalue weighted by Gasteiger charge is 2.16. The topological polar surface area (TPSA) is 60.2 Å². The molecule has 5 heteroatoms. The number of hydrogen-bond donors (Lipinski definition) is 1. The van der Waals surface area contributed by atoms with E-state index in [1.807, 2.05) is 25.1 Å². The van der Waals surface area contributed by atoms with E-state index in [1.165, 1.54) is 6.07 Å². The summed E-state index contributed by atoms with van der Waals surface area (Å²) in [6.07, 6.45) is 3.31. The third kappa shape index (κ3) is 1.83. The highest BCUT2D eigenvalue weighted by molar-refractivity contribution is 5.82. The maximum absolute atomic E-state index is 11.7. The number of rotatable bonds is 3. The van der Waals surface area contributed by atoms with Gasteiger partial charge >= 0.3 is 0 Å². The van der Waals surface area contributed by atoms with Crippen molar-refractivity contribution in [3.8, 4) is 5.75 Å². The van der Waals surface area contributed by atoms with Crippen molar-refractivity contribution in [3.63, 3.8) is 0 Å². The van der Waals surface area contributed by atoms with E-state index in [-0.39, 0.29) is 11.6 Å². The summed E-state index contributed by atoms with van der Waals surface area (Å²) in [5.41, 5.74) is 1.65. The van der Waals surface area contributed by atoms with E-state index in [2.05, 4.69) is 5.10 Å². The lowest BCUT2D eigenvalue weighted by Crippen LogP contribution is -2.20. The molecule has 1 atom stereocenters. The first-order valence-corrected chi connectivity index (χ1v) is 6.02. The number of furan rings is 1. The van der Waals surface area contributed by atoms with Crippen LogP contribution in [0.2, 0.25) is 0 Å². The summed E-state index contributed by atoms with van der Waals surface area (Å²) in [6.45, 7) is 1.95. The van der Waals surface area contributed by atoms with Crippen LogP contribution in [0, 0.1) is 0 Å². The first-order chi connectivity index (χ1) is 9.20. The van der Waals surface area contributed by atoms with Crippen molar-refractivity contribution < 1.29 is 9.15 Å². The smallest absolute Gasteiger partial charge is 0.266 e. The quantitative estimate of drug-likeness (QED) is 0.785. The molecule has 0 saturated carbocycles. The molecule has 0 aliphatic heterocycles. The normalized spacial score (nSPS) is 12.7. The van der Waals surface area contributed by atoms with Gasteiger partial charge in [-0.3, -0.25) is 4.79 Å². The second kappa shape index (κ2) is 4.35. The van der Waals surface area contributed by atoms with Gasteiger partial charge in [0.05, 0.1) is 19.4 Å². The van der Waals surface area contributed by atoms with Crippen LogP contribution in [-0.2, 0) is 0 Å². The molecule has 0 saturated heterocycles. The molecule has 1 N–H and O–H groups in total. The van der Waals surface area contributed by atoms with E-state index < -0.39 is 0 Å². The van der Waals surface area contributed by atoms with E-state index in [0.717, 1.165) is 22.3 Å². The van der Waals surface area contributed by atoms with Gasteiger partial charge in [0.25, 0.3) is 5.56 Å². The summed E-state index contributed by atoms with van der Waals surface area (Å²) in [6, 6.07) is 7.05. The van der Waals surface area contributed by atoms with Gasteiger partial charge in [0.2, 0.25) is 0 Å². The number of benzene rings is 1. The molecule has 3 rings (SSSR count). The molecule has 0 bridgehead atoms. The molecule has 0 aliphatic rings. The number of nitrogens with one attached hydrogen (secondary N) is 1. The van der Waals surface area contributed by atoms with Crippen LogP contribution in [0.15, 0.2) is 45.9 Å².